The Morgan fingerprint density at radius 3 is 1.26 bits per heavy atom. The molecule has 0 radical (unpaired) electrons. The van der Waals surface area contributed by atoms with E-state index in [9.17, 15) is 39.4 Å². The van der Waals surface area contributed by atoms with Gasteiger partial charge in [-0.2, -0.15) is 0 Å². The monoisotopic (exact) mass is 684 g/mol. The Kier molecular flexibility index (Phi) is 12.4. The molecule has 16 heteroatoms. The van der Waals surface area contributed by atoms with E-state index in [0.29, 0.717) is 11.1 Å². The van der Waals surface area contributed by atoms with Crippen LogP contribution in [0.1, 0.15) is 44.7 Å². The highest BCUT2D eigenvalue weighted by atomic mass is 16.7. The van der Waals surface area contributed by atoms with Gasteiger partial charge in [0.2, 0.25) is 0 Å². The number of nitrogens with two attached hydrogens (primary N) is 2. The van der Waals surface area contributed by atoms with E-state index in [-0.39, 0.29) is 71.1 Å². The van der Waals surface area contributed by atoms with Gasteiger partial charge in [0.25, 0.3) is 11.4 Å². The third-order valence-electron chi connectivity index (χ3n) is 7.40. The van der Waals surface area contributed by atoms with Crippen LogP contribution in [0.2, 0.25) is 0 Å². The molecule has 4 rings (SSSR count). The molecular weight excluding hydrogens is 652 g/mol. The van der Waals surface area contributed by atoms with E-state index in [1.54, 1.807) is 48.5 Å². The number of nitro benzene ring substituents is 2. The van der Waals surface area contributed by atoms with Gasteiger partial charge in [-0.3, -0.25) is 29.8 Å². The molecule has 0 saturated heterocycles. The van der Waals surface area contributed by atoms with Gasteiger partial charge in [0.15, 0.2) is 11.6 Å². The Hall–Kier alpha value is -6.52. The molecule has 0 spiro atoms. The minimum Gasteiger partial charge on any atom is -0.342 e. The zero-order valence-electron chi connectivity index (χ0n) is 26.4. The number of benzene rings is 4. The van der Waals surface area contributed by atoms with Crippen LogP contribution in [-0.4, -0.2) is 45.4 Å². The van der Waals surface area contributed by atoms with E-state index in [1.807, 2.05) is 0 Å². The summed E-state index contributed by atoms with van der Waals surface area (Å²) in [5.74, 6) is -2.37. The van der Waals surface area contributed by atoms with Gasteiger partial charge in [-0.1, -0.05) is 48.5 Å². The second kappa shape index (κ2) is 17.0. The average Bonchev–Trinajstić information content (AvgIpc) is 3.12. The number of carbonyl (C=O) groups is 4. The van der Waals surface area contributed by atoms with Gasteiger partial charge in [0.1, 0.15) is 12.1 Å². The van der Waals surface area contributed by atoms with Gasteiger partial charge in [0, 0.05) is 48.2 Å². The Labute approximate surface area is 284 Å². The van der Waals surface area contributed by atoms with E-state index in [2.05, 4.69) is 11.0 Å². The van der Waals surface area contributed by atoms with Gasteiger partial charge in [0.05, 0.1) is 21.2 Å². The zero-order valence-corrected chi connectivity index (χ0v) is 26.4. The number of nitro groups is 2. The molecule has 0 aromatic heterocycles. The summed E-state index contributed by atoms with van der Waals surface area (Å²) in [5, 5.41) is 21.6. The lowest BCUT2D eigenvalue weighted by Crippen LogP contribution is -2.36. The molecule has 2 unspecified atom stereocenters. The van der Waals surface area contributed by atoms with Crippen molar-refractivity contribution in [2.45, 2.75) is 37.8 Å². The first-order chi connectivity index (χ1) is 23.9. The second-order valence-electron chi connectivity index (χ2n) is 10.9. The molecule has 6 N–H and O–H groups in total. The van der Waals surface area contributed by atoms with Gasteiger partial charge < -0.3 is 21.1 Å². The highest BCUT2D eigenvalue weighted by molar-refractivity contribution is 6.03. The summed E-state index contributed by atoms with van der Waals surface area (Å²) in [6.45, 7) is 0. The largest absolute Gasteiger partial charge is 0.348 e. The molecule has 0 saturated carbocycles. The van der Waals surface area contributed by atoms with Crippen molar-refractivity contribution in [2.75, 3.05) is 11.0 Å². The molecule has 4 aromatic rings. The van der Waals surface area contributed by atoms with E-state index < -0.39 is 33.9 Å². The van der Waals surface area contributed by atoms with Crippen LogP contribution >= 0.6 is 0 Å². The minimum atomic E-state index is -1.16. The number of nitrogens with one attached hydrogen (secondary N) is 2. The van der Waals surface area contributed by atoms with Crippen LogP contribution in [0.3, 0.4) is 0 Å². The van der Waals surface area contributed by atoms with Gasteiger partial charge in [-0.15, -0.1) is 0 Å². The van der Waals surface area contributed by atoms with Crippen molar-refractivity contribution in [3.05, 3.63) is 140 Å². The van der Waals surface area contributed by atoms with Crippen molar-refractivity contribution in [1.82, 2.24) is 0 Å². The molecule has 0 aliphatic rings. The van der Waals surface area contributed by atoms with Gasteiger partial charge >= 0.3 is 11.9 Å². The van der Waals surface area contributed by atoms with Crippen LogP contribution in [0, 0.1) is 20.2 Å². The van der Waals surface area contributed by atoms with E-state index >= 15 is 0 Å². The first kappa shape index (κ1) is 36.3. The number of non-ortho nitro benzene ring substituents is 2. The number of nitrogens with zero attached hydrogens (tertiary/aromatic N) is 2. The number of ketones is 2. The Bertz CT molecular complexity index is 1750. The van der Waals surface area contributed by atoms with Gasteiger partial charge in [-0.25, -0.2) is 20.5 Å². The Balaban J connectivity index is 1.30. The number of hydrogen-bond donors (Lipinski definition) is 4. The zero-order chi connectivity index (χ0) is 36.2. The van der Waals surface area contributed by atoms with E-state index in [1.165, 1.54) is 48.5 Å². The Morgan fingerprint density at radius 1 is 0.580 bits per heavy atom. The smallest absolute Gasteiger partial charge is 0.342 e. The fraction of sp³-hybridized carbons (Fsp3) is 0.176. The molecule has 2 atom stereocenters. The van der Waals surface area contributed by atoms with Crippen LogP contribution in [0.15, 0.2) is 97.1 Å². The first-order valence-electron chi connectivity index (χ1n) is 15.1. The van der Waals surface area contributed by atoms with Crippen molar-refractivity contribution in [1.29, 1.82) is 0 Å². The number of anilines is 2. The number of Topliss-reactive ketones (excluding diaryl/α,β-unsaturated/α-hetero) is 2. The third-order valence-corrected chi connectivity index (χ3v) is 7.40. The summed E-state index contributed by atoms with van der Waals surface area (Å²) < 4.78 is 0. The summed E-state index contributed by atoms with van der Waals surface area (Å²) in [6.07, 6.45) is -0.406. The summed E-state index contributed by atoms with van der Waals surface area (Å²) in [7, 11) is 0. The number of rotatable bonds is 17. The highest BCUT2D eigenvalue weighted by Gasteiger charge is 2.23. The Morgan fingerprint density at radius 2 is 0.920 bits per heavy atom. The lowest BCUT2D eigenvalue weighted by molar-refractivity contribution is -0.385. The van der Waals surface area contributed by atoms with Crippen LogP contribution in [0.5, 0.6) is 0 Å². The molecule has 0 amide bonds. The lowest BCUT2D eigenvalue weighted by atomic mass is 9.92. The summed E-state index contributed by atoms with van der Waals surface area (Å²) in [5.41, 5.74) is 18.7. The maximum Gasteiger partial charge on any atom is 0.348 e. The van der Waals surface area contributed by atoms with Crippen molar-refractivity contribution in [3.8, 4) is 0 Å². The summed E-state index contributed by atoms with van der Waals surface area (Å²) in [6, 6.07) is 21.1. The van der Waals surface area contributed by atoms with Crippen molar-refractivity contribution < 1.29 is 38.7 Å². The second-order valence-corrected chi connectivity index (χ2v) is 10.9. The number of hydrogen-bond acceptors (Lipinski definition) is 14. The van der Waals surface area contributed by atoms with Crippen LogP contribution < -0.4 is 22.4 Å². The van der Waals surface area contributed by atoms with Crippen LogP contribution in [-0.2, 0) is 32.1 Å². The molecule has 258 valence electrons. The maximum absolute atomic E-state index is 13.2. The molecule has 0 heterocycles. The molecule has 0 aliphatic carbocycles. The molecule has 50 heavy (non-hydrogen) atoms. The molecule has 4 aromatic carbocycles. The van der Waals surface area contributed by atoms with Crippen molar-refractivity contribution in [3.63, 3.8) is 0 Å². The summed E-state index contributed by atoms with van der Waals surface area (Å²) >= 11 is 0. The standard InChI is InChI=1S/C34H32N6O10/c35-29(33(43)49-37-23-9-13-25(14-10-23)39(45)46)19-21-5-1-3-7-27(21)31(41)17-18-32(42)28-8-4-2-6-22(28)20-30(36)34(44)50-38-24-11-15-26(16-12-24)40(47)48/h1-16,29-30,37-38H,17-20,35-36H2. The van der Waals surface area contributed by atoms with E-state index in [4.69, 9.17) is 21.1 Å². The maximum atomic E-state index is 13.2. The molecule has 0 fully saturated rings. The predicted molar refractivity (Wildman–Crippen MR) is 180 cm³/mol. The summed E-state index contributed by atoms with van der Waals surface area (Å²) in [4.78, 5) is 82.0. The van der Waals surface area contributed by atoms with Crippen LogP contribution in [0.4, 0.5) is 22.7 Å². The fourth-order valence-corrected chi connectivity index (χ4v) is 4.75. The quantitative estimate of drug-likeness (QED) is 0.0690. The minimum absolute atomic E-state index is 0.0491. The van der Waals surface area contributed by atoms with Crippen molar-refractivity contribution in [2.24, 2.45) is 11.5 Å². The normalized spacial score (nSPS) is 11.8. The van der Waals surface area contributed by atoms with Gasteiger partial charge in [-0.05, 0) is 48.2 Å². The topological polar surface area (TPSA) is 249 Å². The third kappa shape index (κ3) is 9.99. The number of carbonyl (C=O) groups excluding carboxylic acids is 4. The molecule has 0 aliphatic heterocycles. The molecule has 16 nitrogen and oxygen atoms in total. The predicted octanol–water partition coefficient (Wildman–Crippen LogP) is 4.23. The highest BCUT2D eigenvalue weighted by Crippen LogP contribution is 2.20. The van der Waals surface area contributed by atoms with Crippen LogP contribution in [0.25, 0.3) is 0 Å². The fourth-order valence-electron chi connectivity index (χ4n) is 4.75. The molecular formula is C34H32N6O10. The first-order valence-corrected chi connectivity index (χ1v) is 15.1. The lowest BCUT2D eigenvalue weighted by Gasteiger charge is -2.15. The SMILES string of the molecule is NC(Cc1ccccc1C(=O)CCC(=O)c1ccccc1CC(N)C(=O)ONc1ccc([N+](=O)[O-])cc1)C(=O)ONc1ccc([N+](=O)[O-])cc1. The van der Waals surface area contributed by atoms with Crippen molar-refractivity contribution >= 4 is 46.3 Å². The molecule has 0 bridgehead atoms. The average molecular weight is 685 g/mol. The van der Waals surface area contributed by atoms with E-state index in [0.717, 1.165) is 0 Å².